The van der Waals surface area contributed by atoms with E-state index in [1.807, 2.05) is 23.6 Å². The molecule has 0 fully saturated rings. The zero-order valence-corrected chi connectivity index (χ0v) is 18.0. The number of thiophene rings is 1. The Balaban J connectivity index is 1.36. The predicted octanol–water partition coefficient (Wildman–Crippen LogP) is 3.74. The van der Waals surface area contributed by atoms with Crippen LogP contribution in [0, 0.1) is 0 Å². The van der Waals surface area contributed by atoms with Gasteiger partial charge in [0.1, 0.15) is 13.2 Å². The van der Waals surface area contributed by atoms with Gasteiger partial charge in [-0.1, -0.05) is 18.2 Å². The summed E-state index contributed by atoms with van der Waals surface area (Å²) in [6.07, 6.45) is 0.0191. The lowest BCUT2D eigenvalue weighted by Crippen LogP contribution is -2.36. The maximum absolute atomic E-state index is 13.3. The second-order valence-corrected chi connectivity index (χ2v) is 8.48. The molecule has 0 spiro atoms. The molecule has 3 amide bonds. The summed E-state index contributed by atoms with van der Waals surface area (Å²) in [7, 11) is 0. The second-order valence-electron chi connectivity index (χ2n) is 7.44. The Bertz CT molecular complexity index is 1160. The van der Waals surface area contributed by atoms with E-state index in [1.54, 1.807) is 52.6 Å². The highest BCUT2D eigenvalue weighted by Gasteiger charge is 2.35. The van der Waals surface area contributed by atoms with E-state index in [4.69, 9.17) is 9.47 Å². The van der Waals surface area contributed by atoms with Gasteiger partial charge in [-0.2, -0.15) is 0 Å². The lowest BCUT2D eigenvalue weighted by molar-refractivity contribution is -0.118. The fourth-order valence-electron chi connectivity index (χ4n) is 3.87. The Hall–Kier alpha value is -3.65. The molecule has 0 N–H and O–H groups in total. The first kappa shape index (κ1) is 20.3. The third kappa shape index (κ3) is 3.73. The van der Waals surface area contributed by atoms with E-state index in [-0.39, 0.29) is 30.7 Å². The van der Waals surface area contributed by atoms with E-state index in [2.05, 4.69) is 0 Å². The topological polar surface area (TPSA) is 76.2 Å². The van der Waals surface area contributed by atoms with Crippen LogP contribution in [0.15, 0.2) is 60.0 Å². The number of imide groups is 1. The van der Waals surface area contributed by atoms with E-state index in [9.17, 15) is 14.4 Å². The van der Waals surface area contributed by atoms with Crippen LogP contribution in [0.4, 0.5) is 5.69 Å². The molecule has 2 aliphatic heterocycles. The Labute approximate surface area is 188 Å². The first-order chi connectivity index (χ1) is 15.6. The molecular formula is C24H20N2O5S. The number of carbonyl (C=O) groups is 3. The van der Waals surface area contributed by atoms with Crippen molar-refractivity contribution < 1.29 is 23.9 Å². The lowest BCUT2D eigenvalue weighted by atomic mass is 10.1. The third-order valence-electron chi connectivity index (χ3n) is 5.46. The highest BCUT2D eigenvalue weighted by Crippen LogP contribution is 2.35. The number of hydrogen-bond donors (Lipinski definition) is 0. The van der Waals surface area contributed by atoms with Crippen molar-refractivity contribution in [2.45, 2.75) is 13.0 Å². The van der Waals surface area contributed by atoms with Gasteiger partial charge in [0, 0.05) is 29.6 Å². The van der Waals surface area contributed by atoms with Gasteiger partial charge in [-0.25, -0.2) is 0 Å². The van der Waals surface area contributed by atoms with E-state index < -0.39 is 0 Å². The van der Waals surface area contributed by atoms with Crippen LogP contribution in [0.2, 0.25) is 0 Å². The highest BCUT2D eigenvalue weighted by molar-refractivity contribution is 7.09. The van der Waals surface area contributed by atoms with Crippen molar-refractivity contribution in [1.29, 1.82) is 0 Å². The summed E-state index contributed by atoms with van der Waals surface area (Å²) in [6.45, 7) is 1.36. The van der Waals surface area contributed by atoms with Crippen LogP contribution in [0.5, 0.6) is 11.5 Å². The Morgan fingerprint density at radius 3 is 2.34 bits per heavy atom. The number of anilines is 1. The fraction of sp³-hybridized carbons (Fsp3) is 0.208. The molecule has 1 aromatic heterocycles. The lowest BCUT2D eigenvalue weighted by Gasteiger charge is -2.26. The van der Waals surface area contributed by atoms with E-state index in [0.29, 0.717) is 48.1 Å². The summed E-state index contributed by atoms with van der Waals surface area (Å²) in [5, 5.41) is 1.96. The summed E-state index contributed by atoms with van der Waals surface area (Å²) in [5.41, 5.74) is 1.44. The maximum atomic E-state index is 13.3. The van der Waals surface area contributed by atoms with Crippen molar-refractivity contribution >= 4 is 34.7 Å². The minimum atomic E-state index is -0.359. The largest absolute Gasteiger partial charge is 0.486 e. The number of amides is 3. The van der Waals surface area contributed by atoms with Crippen LogP contribution in [0.25, 0.3) is 0 Å². The molecule has 7 nitrogen and oxygen atoms in total. The average Bonchev–Trinajstić information content (AvgIpc) is 3.43. The molecule has 0 saturated carbocycles. The predicted molar refractivity (Wildman–Crippen MR) is 119 cm³/mol. The molecule has 5 rings (SSSR count). The molecule has 2 aliphatic rings. The van der Waals surface area contributed by atoms with Crippen molar-refractivity contribution in [1.82, 2.24) is 4.90 Å². The SMILES string of the molecule is O=C1c2ccccc2C(=O)N1CCC(=O)N(Cc1cccs1)c1ccc2c(c1)OCCO2. The molecule has 0 aliphatic carbocycles. The molecule has 0 unspecified atom stereocenters. The quantitative estimate of drug-likeness (QED) is 0.537. The summed E-state index contributed by atoms with van der Waals surface area (Å²) in [6, 6.07) is 16.0. The van der Waals surface area contributed by atoms with E-state index in [0.717, 1.165) is 9.78 Å². The van der Waals surface area contributed by atoms with Gasteiger partial charge in [0.2, 0.25) is 5.91 Å². The minimum Gasteiger partial charge on any atom is -0.486 e. The van der Waals surface area contributed by atoms with Gasteiger partial charge >= 0.3 is 0 Å². The normalized spacial score (nSPS) is 14.4. The summed E-state index contributed by atoms with van der Waals surface area (Å²) in [4.78, 5) is 42.4. The van der Waals surface area contributed by atoms with Gasteiger partial charge in [-0.15, -0.1) is 11.3 Å². The van der Waals surface area contributed by atoms with Crippen LogP contribution in [0.3, 0.4) is 0 Å². The van der Waals surface area contributed by atoms with Crippen molar-refractivity contribution in [3.8, 4) is 11.5 Å². The molecule has 0 atom stereocenters. The van der Waals surface area contributed by atoms with Crippen LogP contribution in [-0.4, -0.2) is 42.4 Å². The maximum Gasteiger partial charge on any atom is 0.261 e. The molecule has 32 heavy (non-hydrogen) atoms. The van der Waals surface area contributed by atoms with Crippen molar-refractivity contribution in [3.63, 3.8) is 0 Å². The molecule has 0 saturated heterocycles. The van der Waals surface area contributed by atoms with Gasteiger partial charge in [-0.05, 0) is 35.7 Å². The van der Waals surface area contributed by atoms with Gasteiger partial charge < -0.3 is 14.4 Å². The molecule has 3 aromatic rings. The van der Waals surface area contributed by atoms with Gasteiger partial charge in [0.25, 0.3) is 11.8 Å². The number of nitrogens with zero attached hydrogens (tertiary/aromatic N) is 2. The molecule has 8 heteroatoms. The van der Waals surface area contributed by atoms with Crippen molar-refractivity contribution in [2.75, 3.05) is 24.7 Å². The highest BCUT2D eigenvalue weighted by atomic mass is 32.1. The summed E-state index contributed by atoms with van der Waals surface area (Å²) in [5.74, 6) is 0.337. The van der Waals surface area contributed by atoms with E-state index in [1.165, 1.54) is 0 Å². The Morgan fingerprint density at radius 2 is 1.66 bits per heavy atom. The monoisotopic (exact) mass is 448 g/mol. The van der Waals surface area contributed by atoms with Gasteiger partial charge in [0.15, 0.2) is 11.5 Å². The first-order valence-corrected chi connectivity index (χ1v) is 11.2. The van der Waals surface area contributed by atoms with Crippen LogP contribution >= 0.6 is 11.3 Å². The molecule has 3 heterocycles. The van der Waals surface area contributed by atoms with Crippen molar-refractivity contribution in [2.24, 2.45) is 0 Å². The number of carbonyl (C=O) groups excluding carboxylic acids is 3. The standard InChI is InChI=1S/C24H20N2O5S/c27-22(9-10-25-23(28)18-5-1-2-6-19(18)24(25)29)26(15-17-4-3-13-32-17)16-7-8-20-21(14-16)31-12-11-30-20/h1-8,13-14H,9-12,15H2. The first-order valence-electron chi connectivity index (χ1n) is 10.3. The second kappa shape index (κ2) is 8.47. The van der Waals surface area contributed by atoms with Gasteiger partial charge in [0.05, 0.1) is 17.7 Å². The third-order valence-corrected chi connectivity index (χ3v) is 6.32. The Kier molecular flexibility index (Phi) is 5.36. The summed E-state index contributed by atoms with van der Waals surface area (Å²) < 4.78 is 11.3. The fourth-order valence-corrected chi connectivity index (χ4v) is 4.56. The zero-order chi connectivity index (χ0) is 22.1. The smallest absolute Gasteiger partial charge is 0.261 e. The van der Waals surface area contributed by atoms with Crippen molar-refractivity contribution in [3.05, 3.63) is 76.0 Å². The zero-order valence-electron chi connectivity index (χ0n) is 17.2. The molecule has 0 bridgehead atoms. The molecule has 162 valence electrons. The van der Waals surface area contributed by atoms with Gasteiger partial charge in [-0.3, -0.25) is 19.3 Å². The van der Waals surface area contributed by atoms with Crippen LogP contribution < -0.4 is 14.4 Å². The molecular weight excluding hydrogens is 428 g/mol. The minimum absolute atomic E-state index is 0.0191. The van der Waals surface area contributed by atoms with E-state index >= 15 is 0 Å². The summed E-state index contributed by atoms with van der Waals surface area (Å²) >= 11 is 1.56. The molecule has 0 radical (unpaired) electrons. The number of hydrogen-bond acceptors (Lipinski definition) is 6. The molecule has 2 aromatic carbocycles. The average molecular weight is 449 g/mol. The number of rotatable bonds is 6. The van der Waals surface area contributed by atoms with Crippen LogP contribution in [0.1, 0.15) is 32.0 Å². The number of ether oxygens (including phenoxy) is 2. The number of benzene rings is 2. The Morgan fingerprint density at radius 1 is 0.938 bits per heavy atom. The van der Waals surface area contributed by atoms with Crippen LogP contribution in [-0.2, 0) is 11.3 Å². The number of fused-ring (bicyclic) bond motifs is 2.